The first kappa shape index (κ1) is 13.4. The molecule has 0 bridgehead atoms. The van der Waals surface area contributed by atoms with Gasteiger partial charge in [0.2, 0.25) is 0 Å². The number of nitrogens with zero attached hydrogens (tertiary/aromatic N) is 1. The van der Waals surface area contributed by atoms with E-state index in [2.05, 4.69) is 19.2 Å². The Morgan fingerprint density at radius 2 is 2.12 bits per heavy atom. The van der Waals surface area contributed by atoms with Crippen molar-refractivity contribution in [2.75, 3.05) is 11.9 Å². The number of nitrogens with one attached hydrogen (secondary N) is 1. The van der Waals surface area contributed by atoms with E-state index in [0.717, 1.165) is 5.69 Å². The molecule has 0 saturated heterocycles. The van der Waals surface area contributed by atoms with Gasteiger partial charge in [0.25, 0.3) is 5.69 Å². The Bertz CT molecular complexity index is 405. The molecular weight excluding hydrogens is 218 g/mol. The smallest absolute Gasteiger partial charge is 0.274 e. The van der Waals surface area contributed by atoms with Gasteiger partial charge in [-0.3, -0.25) is 10.1 Å². The van der Waals surface area contributed by atoms with Gasteiger partial charge in [-0.2, -0.15) is 0 Å². The number of nitro benzene ring substituents is 1. The van der Waals surface area contributed by atoms with Gasteiger partial charge in [-0.15, -0.1) is 0 Å². The molecule has 3 N–H and O–H groups in total. The monoisotopic (exact) mass is 237 g/mol. The van der Waals surface area contributed by atoms with Crippen molar-refractivity contribution in [1.82, 2.24) is 0 Å². The van der Waals surface area contributed by atoms with Crippen LogP contribution in [0.3, 0.4) is 0 Å². The zero-order valence-corrected chi connectivity index (χ0v) is 10.4. The summed E-state index contributed by atoms with van der Waals surface area (Å²) >= 11 is 0. The van der Waals surface area contributed by atoms with E-state index in [1.165, 1.54) is 0 Å². The molecule has 0 aliphatic carbocycles. The van der Waals surface area contributed by atoms with Crippen LogP contribution in [0.2, 0.25) is 0 Å². The third-order valence-corrected chi connectivity index (χ3v) is 2.82. The number of anilines is 1. The van der Waals surface area contributed by atoms with Crippen LogP contribution in [0.15, 0.2) is 18.2 Å². The lowest BCUT2D eigenvalue weighted by Crippen LogP contribution is -2.33. The van der Waals surface area contributed by atoms with Crippen LogP contribution < -0.4 is 11.1 Å². The Balaban J connectivity index is 2.92. The second-order valence-electron chi connectivity index (χ2n) is 4.49. The summed E-state index contributed by atoms with van der Waals surface area (Å²) in [5.41, 5.74) is 7.19. The molecule has 0 aromatic heterocycles. The summed E-state index contributed by atoms with van der Waals surface area (Å²) in [6, 6.07) is 5.26. The van der Waals surface area contributed by atoms with Crippen LogP contribution in [0.1, 0.15) is 19.4 Å². The molecule has 0 fully saturated rings. The first-order valence-corrected chi connectivity index (χ1v) is 5.67. The zero-order valence-electron chi connectivity index (χ0n) is 10.4. The van der Waals surface area contributed by atoms with Crippen LogP contribution in [0.5, 0.6) is 0 Å². The summed E-state index contributed by atoms with van der Waals surface area (Å²) in [4.78, 5) is 10.4. The average molecular weight is 237 g/mol. The minimum absolute atomic E-state index is 0.123. The van der Waals surface area contributed by atoms with Crippen LogP contribution in [0.25, 0.3) is 0 Å². The molecule has 0 saturated carbocycles. The first-order valence-electron chi connectivity index (χ1n) is 5.67. The van der Waals surface area contributed by atoms with Gasteiger partial charge in [0.1, 0.15) is 0 Å². The van der Waals surface area contributed by atoms with Gasteiger partial charge in [0.05, 0.1) is 4.92 Å². The standard InChI is InChI=1S/C12H19N3O2/c1-8(2)11(7-13)14-10-5-4-9(3)12(6-10)15(16)17/h4-6,8,11,14H,7,13H2,1-3H3. The number of rotatable bonds is 5. The van der Waals surface area contributed by atoms with Crippen molar-refractivity contribution >= 4 is 11.4 Å². The van der Waals surface area contributed by atoms with E-state index in [0.29, 0.717) is 18.0 Å². The van der Waals surface area contributed by atoms with Crippen LogP contribution in [0, 0.1) is 23.0 Å². The van der Waals surface area contributed by atoms with Gasteiger partial charge in [-0.25, -0.2) is 0 Å². The molecule has 0 aliphatic heterocycles. The number of hydrogen-bond donors (Lipinski definition) is 2. The second kappa shape index (κ2) is 5.63. The highest BCUT2D eigenvalue weighted by Gasteiger charge is 2.14. The molecular formula is C12H19N3O2. The van der Waals surface area contributed by atoms with Crippen LogP contribution in [-0.4, -0.2) is 17.5 Å². The third-order valence-electron chi connectivity index (χ3n) is 2.82. The lowest BCUT2D eigenvalue weighted by Gasteiger charge is -2.21. The summed E-state index contributed by atoms with van der Waals surface area (Å²) in [5, 5.41) is 14.0. The Labute approximate surface area is 101 Å². The van der Waals surface area contributed by atoms with E-state index in [9.17, 15) is 10.1 Å². The Kier molecular flexibility index (Phi) is 4.45. The summed E-state index contributed by atoms with van der Waals surface area (Å²) in [7, 11) is 0. The van der Waals surface area contributed by atoms with Crippen molar-refractivity contribution in [1.29, 1.82) is 0 Å². The lowest BCUT2D eigenvalue weighted by molar-refractivity contribution is -0.385. The molecule has 0 radical (unpaired) electrons. The van der Waals surface area contributed by atoms with Gasteiger partial charge in [0, 0.05) is 29.9 Å². The number of nitro groups is 1. The molecule has 0 spiro atoms. The fourth-order valence-electron chi connectivity index (χ4n) is 1.61. The molecule has 94 valence electrons. The van der Waals surface area contributed by atoms with E-state index in [1.807, 2.05) is 6.07 Å². The summed E-state index contributed by atoms with van der Waals surface area (Å²) in [5.74, 6) is 0.375. The molecule has 1 aromatic carbocycles. The maximum Gasteiger partial charge on any atom is 0.274 e. The number of nitrogens with two attached hydrogens (primary N) is 1. The molecule has 0 aliphatic rings. The highest BCUT2D eigenvalue weighted by molar-refractivity contribution is 5.55. The summed E-state index contributed by atoms with van der Waals surface area (Å²) < 4.78 is 0. The number of benzene rings is 1. The van der Waals surface area contributed by atoms with E-state index >= 15 is 0 Å². The Morgan fingerprint density at radius 3 is 2.59 bits per heavy atom. The Hall–Kier alpha value is -1.62. The second-order valence-corrected chi connectivity index (χ2v) is 4.49. The minimum atomic E-state index is -0.368. The van der Waals surface area contributed by atoms with Crippen LogP contribution in [-0.2, 0) is 0 Å². The van der Waals surface area contributed by atoms with Crippen LogP contribution in [0.4, 0.5) is 11.4 Å². The normalized spacial score (nSPS) is 12.5. The number of aryl methyl sites for hydroxylation is 1. The highest BCUT2D eigenvalue weighted by atomic mass is 16.6. The molecule has 1 rings (SSSR count). The van der Waals surface area contributed by atoms with Crippen molar-refractivity contribution in [3.63, 3.8) is 0 Å². The summed E-state index contributed by atoms with van der Waals surface area (Å²) in [6.45, 7) is 6.35. The van der Waals surface area contributed by atoms with E-state index in [1.54, 1.807) is 19.1 Å². The number of hydrogen-bond acceptors (Lipinski definition) is 4. The third kappa shape index (κ3) is 3.42. The quantitative estimate of drug-likeness (QED) is 0.608. The van der Waals surface area contributed by atoms with Crippen LogP contribution >= 0.6 is 0 Å². The molecule has 5 heteroatoms. The van der Waals surface area contributed by atoms with Crippen molar-refractivity contribution in [3.8, 4) is 0 Å². The zero-order chi connectivity index (χ0) is 13.0. The molecule has 1 aromatic rings. The highest BCUT2D eigenvalue weighted by Crippen LogP contribution is 2.23. The van der Waals surface area contributed by atoms with Gasteiger partial charge in [-0.05, 0) is 18.9 Å². The molecule has 0 heterocycles. The minimum Gasteiger partial charge on any atom is -0.381 e. The van der Waals surface area contributed by atoms with Crippen molar-refractivity contribution in [2.45, 2.75) is 26.8 Å². The van der Waals surface area contributed by atoms with E-state index in [-0.39, 0.29) is 16.7 Å². The first-order chi connectivity index (χ1) is 7.95. The molecule has 5 nitrogen and oxygen atoms in total. The fourth-order valence-corrected chi connectivity index (χ4v) is 1.61. The van der Waals surface area contributed by atoms with E-state index < -0.39 is 0 Å². The molecule has 1 atom stereocenters. The molecule has 1 unspecified atom stereocenters. The topological polar surface area (TPSA) is 81.2 Å². The van der Waals surface area contributed by atoms with E-state index in [4.69, 9.17) is 5.73 Å². The fraction of sp³-hybridized carbons (Fsp3) is 0.500. The SMILES string of the molecule is Cc1ccc(NC(CN)C(C)C)cc1[N+](=O)[O-]. The predicted octanol–water partition coefficient (Wildman–Crippen LogP) is 2.30. The Morgan fingerprint density at radius 1 is 1.47 bits per heavy atom. The van der Waals surface area contributed by atoms with Crippen molar-refractivity contribution < 1.29 is 4.92 Å². The largest absolute Gasteiger partial charge is 0.381 e. The maximum atomic E-state index is 10.8. The van der Waals surface area contributed by atoms with Gasteiger partial charge >= 0.3 is 0 Å². The molecule has 17 heavy (non-hydrogen) atoms. The predicted molar refractivity (Wildman–Crippen MR) is 69.1 cm³/mol. The van der Waals surface area contributed by atoms with Gasteiger partial charge in [-0.1, -0.05) is 19.9 Å². The molecule has 0 amide bonds. The summed E-state index contributed by atoms with van der Waals surface area (Å²) in [6.07, 6.45) is 0. The van der Waals surface area contributed by atoms with Crippen molar-refractivity contribution in [3.05, 3.63) is 33.9 Å². The maximum absolute atomic E-state index is 10.8. The average Bonchev–Trinajstić information content (AvgIpc) is 2.27. The lowest BCUT2D eigenvalue weighted by atomic mass is 10.0. The van der Waals surface area contributed by atoms with Crippen molar-refractivity contribution in [2.24, 2.45) is 11.7 Å². The van der Waals surface area contributed by atoms with Gasteiger partial charge < -0.3 is 11.1 Å². The van der Waals surface area contributed by atoms with Gasteiger partial charge in [0.15, 0.2) is 0 Å².